The van der Waals surface area contributed by atoms with Crippen LogP contribution in [0.1, 0.15) is 60.3 Å². The molecule has 0 aromatic heterocycles. The Labute approximate surface area is 254 Å². The zero-order valence-corrected chi connectivity index (χ0v) is 25.6. The second-order valence-corrected chi connectivity index (χ2v) is 11.8. The van der Waals surface area contributed by atoms with Gasteiger partial charge in [0.1, 0.15) is 0 Å². The molecule has 47 heavy (non-hydrogen) atoms. The molecular weight excluding hydrogens is 739 g/mol. The first kappa shape index (κ1) is 47.7. The molecule has 0 saturated carbocycles. The van der Waals surface area contributed by atoms with Crippen molar-refractivity contribution in [2.75, 3.05) is 19.8 Å². The van der Waals surface area contributed by atoms with Gasteiger partial charge in [-0.3, -0.25) is 0 Å². The van der Waals surface area contributed by atoms with Crippen LogP contribution in [0.4, 0.5) is 92.2 Å². The number of unbranched alkanes of at least 4 members (excludes halogenated alkanes) is 3. The molecule has 0 spiro atoms. The minimum absolute atomic E-state index is 0.633. The third-order valence-corrected chi connectivity index (χ3v) is 8.94. The Bertz CT molecular complexity index is 907. The largest absolute Gasteiger partial charge is 0.582 e. The van der Waals surface area contributed by atoms with E-state index in [4.69, 9.17) is 0 Å². The molecule has 0 aliphatic carbocycles. The summed E-state index contributed by atoms with van der Waals surface area (Å²) in [6.07, 6.45) is -2.49. The molecular formula is C22H29F21O3Si. The highest BCUT2D eigenvalue weighted by Gasteiger charge is 2.99. The Balaban J connectivity index is 0. The lowest BCUT2D eigenvalue weighted by molar-refractivity contribution is -0.473. The van der Waals surface area contributed by atoms with Gasteiger partial charge in [0.25, 0.3) is 0 Å². The first-order valence-corrected chi connectivity index (χ1v) is 14.7. The van der Waals surface area contributed by atoms with Crippen LogP contribution in [0.5, 0.6) is 0 Å². The fraction of sp³-hybridized carbons (Fsp3) is 1.00. The van der Waals surface area contributed by atoms with Gasteiger partial charge < -0.3 is 13.3 Å². The Hall–Kier alpha value is -1.37. The van der Waals surface area contributed by atoms with Gasteiger partial charge in [-0.05, 0) is 20.8 Å². The van der Waals surface area contributed by atoms with Crippen LogP contribution in [-0.4, -0.2) is 87.7 Å². The maximum Gasteiger partial charge on any atom is 0.582 e. The average molecular weight is 769 g/mol. The Kier molecular flexibility index (Phi) is 15.5. The first-order valence-electron chi connectivity index (χ1n) is 13.0. The van der Waals surface area contributed by atoms with E-state index in [0.717, 1.165) is 0 Å². The fourth-order valence-corrected chi connectivity index (χ4v) is 5.69. The van der Waals surface area contributed by atoms with Crippen LogP contribution in [0.3, 0.4) is 0 Å². The lowest BCUT2D eigenvalue weighted by Gasteiger charge is -2.46. The number of halogens is 21. The summed E-state index contributed by atoms with van der Waals surface area (Å²) in [6, 6.07) is 0. The van der Waals surface area contributed by atoms with E-state index in [1.54, 1.807) is 0 Å². The highest BCUT2D eigenvalue weighted by molar-refractivity contribution is 6.63. The second-order valence-electron chi connectivity index (χ2n) is 9.23. The van der Waals surface area contributed by atoms with Crippen LogP contribution >= 0.6 is 0 Å². The van der Waals surface area contributed by atoms with Crippen molar-refractivity contribution in [3.63, 3.8) is 0 Å². The minimum atomic E-state index is -9.23. The predicted octanol–water partition coefficient (Wildman–Crippen LogP) is 10.4. The molecule has 0 aromatic carbocycles. The third-order valence-electron chi connectivity index (χ3n) is 5.86. The van der Waals surface area contributed by atoms with Crippen LogP contribution in [0, 0.1) is 0 Å². The zero-order valence-electron chi connectivity index (χ0n) is 24.6. The monoisotopic (exact) mass is 768 g/mol. The lowest BCUT2D eigenvalue weighted by atomic mass is 9.87. The lowest BCUT2D eigenvalue weighted by Crippen LogP contribution is -2.79. The molecule has 0 saturated heterocycles. The summed E-state index contributed by atoms with van der Waals surface area (Å²) < 4.78 is 297. The quantitative estimate of drug-likeness (QED) is 0.0790. The molecule has 3 nitrogen and oxygen atoms in total. The van der Waals surface area contributed by atoms with E-state index in [-0.39, 0.29) is 0 Å². The standard InChI is InChI=1S/C16H15F21O3Si.C6H14/c1-4-38-41(39-5-2,40-6-3)16(36,37)14(31,32)12(27,28)10(23,24)8(19,20)7(17,18)9(21,22)11(25,26)13(29,30)15(33,34)35;1-3-5-6-4-2/h4-6H2,1-3H3;3-6H2,1-2H3. The van der Waals surface area contributed by atoms with Gasteiger partial charge in [0.2, 0.25) is 0 Å². The molecule has 0 rings (SSSR count). The van der Waals surface area contributed by atoms with Crippen molar-refractivity contribution in [3.8, 4) is 0 Å². The maximum atomic E-state index is 14.7. The van der Waals surface area contributed by atoms with Gasteiger partial charge in [-0.1, -0.05) is 39.5 Å². The van der Waals surface area contributed by atoms with Gasteiger partial charge in [0.05, 0.1) is 0 Å². The highest BCUT2D eigenvalue weighted by atomic mass is 28.4. The molecule has 286 valence electrons. The summed E-state index contributed by atoms with van der Waals surface area (Å²) in [4.78, 5) is 0. The smallest absolute Gasteiger partial charge is 0.370 e. The Morgan fingerprint density at radius 3 is 0.745 bits per heavy atom. The first-order chi connectivity index (χ1) is 20.6. The minimum Gasteiger partial charge on any atom is -0.370 e. The van der Waals surface area contributed by atoms with Crippen LogP contribution < -0.4 is 0 Å². The molecule has 0 aliphatic rings. The van der Waals surface area contributed by atoms with Gasteiger partial charge in [-0.25, -0.2) is 0 Å². The summed E-state index contributed by atoms with van der Waals surface area (Å²) in [6.45, 7) is 2.54. The predicted molar refractivity (Wildman–Crippen MR) is 121 cm³/mol. The van der Waals surface area contributed by atoms with E-state index < -0.39 is 87.7 Å². The van der Waals surface area contributed by atoms with E-state index in [9.17, 15) is 92.2 Å². The van der Waals surface area contributed by atoms with E-state index in [1.165, 1.54) is 25.7 Å². The Morgan fingerprint density at radius 2 is 0.553 bits per heavy atom. The van der Waals surface area contributed by atoms with Crippen molar-refractivity contribution < 1.29 is 105 Å². The average Bonchev–Trinajstić information content (AvgIpc) is 2.90. The molecule has 0 atom stereocenters. The zero-order chi connectivity index (χ0) is 38.6. The number of hydrogen-bond acceptors (Lipinski definition) is 3. The molecule has 0 fully saturated rings. The SMILES string of the molecule is CCCCCC.CCO[Si](OCC)(OCC)C(F)(F)C(F)(F)C(F)(F)C(F)(F)C(F)(F)C(F)(F)C(F)(F)C(F)(F)C(F)(F)C(F)(F)F. The van der Waals surface area contributed by atoms with Gasteiger partial charge >= 0.3 is 67.9 Å². The van der Waals surface area contributed by atoms with Gasteiger partial charge in [-0.2, -0.15) is 92.2 Å². The summed E-state index contributed by atoms with van der Waals surface area (Å²) >= 11 is 0. The van der Waals surface area contributed by atoms with Gasteiger partial charge in [0, 0.05) is 19.8 Å². The van der Waals surface area contributed by atoms with Crippen molar-refractivity contribution in [2.24, 2.45) is 0 Å². The summed E-state index contributed by atoms with van der Waals surface area (Å²) in [5.74, 6) is -71.0. The fourth-order valence-electron chi connectivity index (χ4n) is 3.22. The Morgan fingerprint density at radius 1 is 0.340 bits per heavy atom. The number of rotatable bonds is 18. The molecule has 0 N–H and O–H groups in total. The van der Waals surface area contributed by atoms with Crippen molar-refractivity contribution in [1.82, 2.24) is 0 Å². The van der Waals surface area contributed by atoms with Crippen LogP contribution in [0.2, 0.25) is 0 Å². The van der Waals surface area contributed by atoms with Crippen molar-refractivity contribution in [2.45, 2.75) is 119 Å². The molecule has 0 amide bonds. The van der Waals surface area contributed by atoms with E-state index >= 15 is 0 Å². The van der Waals surface area contributed by atoms with E-state index in [0.29, 0.717) is 20.8 Å². The summed E-state index contributed by atoms with van der Waals surface area (Å²) in [5.41, 5.74) is -7.09. The highest BCUT2D eigenvalue weighted by Crippen LogP contribution is 2.66. The normalized spacial score (nSPS) is 15.4. The van der Waals surface area contributed by atoms with Crippen molar-refractivity contribution in [1.29, 1.82) is 0 Å². The topological polar surface area (TPSA) is 27.7 Å². The van der Waals surface area contributed by atoms with Crippen LogP contribution in [0.15, 0.2) is 0 Å². The summed E-state index contributed by atoms with van der Waals surface area (Å²) in [5, 5.41) is 0. The molecule has 0 unspecified atom stereocenters. The molecule has 0 radical (unpaired) electrons. The van der Waals surface area contributed by atoms with Crippen molar-refractivity contribution >= 4 is 8.80 Å². The molecule has 0 heterocycles. The molecule has 0 aromatic rings. The summed E-state index contributed by atoms with van der Waals surface area (Å²) in [7, 11) is -6.89. The van der Waals surface area contributed by atoms with E-state index in [1.807, 2.05) is 0 Å². The van der Waals surface area contributed by atoms with E-state index in [2.05, 4.69) is 27.1 Å². The number of hydrogen-bond donors (Lipinski definition) is 0. The van der Waals surface area contributed by atoms with Gasteiger partial charge in [0.15, 0.2) is 0 Å². The third kappa shape index (κ3) is 7.55. The van der Waals surface area contributed by atoms with Crippen LogP contribution in [-0.2, 0) is 13.3 Å². The molecule has 25 heteroatoms. The van der Waals surface area contributed by atoms with Crippen molar-refractivity contribution in [3.05, 3.63) is 0 Å². The molecule has 0 bridgehead atoms. The van der Waals surface area contributed by atoms with Crippen LogP contribution in [0.25, 0.3) is 0 Å². The second kappa shape index (κ2) is 15.3. The number of alkyl halides is 21. The maximum absolute atomic E-state index is 14.7. The van der Waals surface area contributed by atoms with Gasteiger partial charge in [-0.15, -0.1) is 0 Å². The molecule has 0 aliphatic heterocycles.